The lowest BCUT2D eigenvalue weighted by Gasteiger charge is -2.20. The summed E-state index contributed by atoms with van der Waals surface area (Å²) in [5, 5.41) is 3.00. The number of hydrogen-bond donors (Lipinski definition) is 1. The Morgan fingerprint density at radius 1 is 1.26 bits per heavy atom. The summed E-state index contributed by atoms with van der Waals surface area (Å²) < 4.78 is 13.4. The van der Waals surface area contributed by atoms with Gasteiger partial charge in [0.2, 0.25) is 5.91 Å². The summed E-state index contributed by atoms with van der Waals surface area (Å²) in [6.45, 7) is 7.95. The number of carbonyl (C=O) groups is 1. The summed E-state index contributed by atoms with van der Waals surface area (Å²) in [6.07, 6.45) is 1.62. The molecule has 5 nitrogen and oxygen atoms in total. The third-order valence-electron chi connectivity index (χ3n) is 3.82. The molecule has 0 saturated carbocycles. The summed E-state index contributed by atoms with van der Waals surface area (Å²) in [7, 11) is -0.981. The van der Waals surface area contributed by atoms with E-state index in [1.165, 1.54) is 0 Å². The Morgan fingerprint density at radius 3 is 2.52 bits per heavy atom. The summed E-state index contributed by atoms with van der Waals surface area (Å²) in [5.74, 6) is 0.855. The quantitative estimate of drug-likeness (QED) is 0.883. The Morgan fingerprint density at radius 2 is 1.91 bits per heavy atom. The molecule has 1 aromatic carbocycles. The zero-order valence-corrected chi connectivity index (χ0v) is 15.2. The van der Waals surface area contributed by atoms with Crippen molar-refractivity contribution < 1.29 is 9.00 Å². The minimum absolute atomic E-state index is 0.0879. The number of nitrogens with zero attached hydrogens (tertiary/aromatic N) is 2. The van der Waals surface area contributed by atoms with Crippen LogP contribution in [-0.2, 0) is 15.6 Å². The maximum atomic E-state index is 12.3. The molecule has 2 rings (SSSR count). The number of imidazole rings is 1. The highest BCUT2D eigenvalue weighted by molar-refractivity contribution is 7.84. The molecule has 1 aromatic heterocycles. The highest BCUT2D eigenvalue weighted by Gasteiger charge is 2.22. The molecular weight excluding hydrogens is 310 g/mol. The van der Waals surface area contributed by atoms with E-state index in [1.807, 2.05) is 31.2 Å². The van der Waals surface area contributed by atoms with Gasteiger partial charge in [-0.1, -0.05) is 19.1 Å². The lowest BCUT2D eigenvalue weighted by atomic mass is 10.2. The Hall–Kier alpha value is -1.69. The molecule has 0 aliphatic carbocycles. The molecular formula is C17H25N3O2S. The van der Waals surface area contributed by atoms with Crippen molar-refractivity contribution in [2.75, 3.05) is 12.0 Å². The average Bonchev–Trinajstić information content (AvgIpc) is 2.85. The van der Waals surface area contributed by atoms with Crippen LogP contribution in [0.15, 0.2) is 24.3 Å². The van der Waals surface area contributed by atoms with Gasteiger partial charge in [0.15, 0.2) is 0 Å². The summed E-state index contributed by atoms with van der Waals surface area (Å²) in [5.41, 5.74) is 2.00. The number of carbonyl (C=O) groups excluding carboxylic acids is 1. The van der Waals surface area contributed by atoms with Gasteiger partial charge in [0.05, 0.1) is 17.1 Å². The normalized spacial score (nSPS) is 15.6. The maximum Gasteiger partial charge on any atom is 0.224 e. The molecule has 0 saturated heterocycles. The second-order valence-corrected chi connectivity index (χ2v) is 7.77. The summed E-state index contributed by atoms with van der Waals surface area (Å²) in [6, 6.07) is 8.03. The molecule has 23 heavy (non-hydrogen) atoms. The number of hydrogen-bond acceptors (Lipinski definition) is 3. The van der Waals surface area contributed by atoms with Gasteiger partial charge in [-0.15, -0.1) is 0 Å². The monoisotopic (exact) mass is 335 g/mol. The smallest absolute Gasteiger partial charge is 0.224 e. The van der Waals surface area contributed by atoms with Crippen LogP contribution in [0.4, 0.5) is 0 Å². The van der Waals surface area contributed by atoms with Crippen molar-refractivity contribution in [3.63, 3.8) is 0 Å². The number of benzene rings is 1. The lowest BCUT2D eigenvalue weighted by molar-refractivity contribution is -0.124. The van der Waals surface area contributed by atoms with E-state index in [9.17, 15) is 9.00 Å². The minimum Gasteiger partial charge on any atom is -0.346 e. The van der Waals surface area contributed by atoms with E-state index in [1.54, 1.807) is 13.2 Å². The highest BCUT2D eigenvalue weighted by Crippen LogP contribution is 2.25. The van der Waals surface area contributed by atoms with Crippen LogP contribution in [0.25, 0.3) is 11.0 Å². The standard InChI is InChI=1S/C17H25N3O2S/c1-11(2)20-15-9-7-6-8-14(15)19-16(20)13(4)18-17(21)12(3)10-23(5)22/h6-9,11-13H,10H2,1-5H3,(H,18,21). The molecule has 1 heterocycles. The van der Waals surface area contributed by atoms with Gasteiger partial charge in [-0.2, -0.15) is 0 Å². The first kappa shape index (κ1) is 17.7. The van der Waals surface area contributed by atoms with Crippen molar-refractivity contribution in [1.29, 1.82) is 0 Å². The molecule has 0 fully saturated rings. The van der Waals surface area contributed by atoms with Crippen LogP contribution < -0.4 is 5.32 Å². The van der Waals surface area contributed by atoms with Crippen molar-refractivity contribution in [3.05, 3.63) is 30.1 Å². The molecule has 3 unspecified atom stereocenters. The molecule has 0 aliphatic rings. The number of rotatable bonds is 6. The molecule has 6 heteroatoms. The first-order valence-corrected chi connectivity index (χ1v) is 9.61. The van der Waals surface area contributed by atoms with E-state index in [0.29, 0.717) is 5.75 Å². The molecule has 2 aromatic rings. The predicted octanol–water partition coefficient (Wildman–Crippen LogP) is 2.81. The van der Waals surface area contributed by atoms with Crippen LogP contribution in [0.5, 0.6) is 0 Å². The SMILES string of the molecule is CC(CS(C)=O)C(=O)NC(C)c1nc2ccccc2n1C(C)C. The molecule has 0 radical (unpaired) electrons. The zero-order valence-electron chi connectivity index (χ0n) is 14.4. The van der Waals surface area contributed by atoms with Crippen LogP contribution in [-0.4, -0.2) is 31.7 Å². The van der Waals surface area contributed by atoms with Crippen LogP contribution in [0, 0.1) is 5.92 Å². The van der Waals surface area contributed by atoms with E-state index >= 15 is 0 Å². The fourth-order valence-corrected chi connectivity index (χ4v) is 3.61. The van der Waals surface area contributed by atoms with Crippen molar-refractivity contribution in [2.24, 2.45) is 5.92 Å². The number of nitrogens with one attached hydrogen (secondary N) is 1. The number of amides is 1. The van der Waals surface area contributed by atoms with E-state index in [2.05, 4.69) is 23.7 Å². The van der Waals surface area contributed by atoms with Gasteiger partial charge in [-0.3, -0.25) is 9.00 Å². The fourth-order valence-electron chi connectivity index (χ4n) is 2.76. The van der Waals surface area contributed by atoms with Gasteiger partial charge in [0.1, 0.15) is 5.82 Å². The molecule has 1 N–H and O–H groups in total. The first-order valence-electron chi connectivity index (χ1n) is 7.88. The second-order valence-electron chi connectivity index (χ2n) is 6.29. The Labute approximate surface area is 139 Å². The van der Waals surface area contributed by atoms with Gasteiger partial charge in [0.25, 0.3) is 0 Å². The Balaban J connectivity index is 2.27. The van der Waals surface area contributed by atoms with Gasteiger partial charge >= 0.3 is 0 Å². The Bertz CT molecular complexity index is 724. The molecule has 0 bridgehead atoms. The molecule has 3 atom stereocenters. The largest absolute Gasteiger partial charge is 0.346 e. The highest BCUT2D eigenvalue weighted by atomic mass is 32.2. The number of para-hydroxylation sites is 2. The fraction of sp³-hybridized carbons (Fsp3) is 0.529. The van der Waals surface area contributed by atoms with Crippen LogP contribution in [0.2, 0.25) is 0 Å². The van der Waals surface area contributed by atoms with Crippen LogP contribution in [0.3, 0.4) is 0 Å². The van der Waals surface area contributed by atoms with Gasteiger partial charge in [-0.05, 0) is 32.9 Å². The van der Waals surface area contributed by atoms with Gasteiger partial charge in [0, 0.05) is 34.8 Å². The molecule has 0 aliphatic heterocycles. The summed E-state index contributed by atoms with van der Waals surface area (Å²) >= 11 is 0. The van der Waals surface area contributed by atoms with E-state index in [4.69, 9.17) is 4.98 Å². The zero-order chi connectivity index (χ0) is 17.1. The molecule has 1 amide bonds. The van der Waals surface area contributed by atoms with Crippen LogP contribution >= 0.6 is 0 Å². The van der Waals surface area contributed by atoms with E-state index in [0.717, 1.165) is 16.9 Å². The van der Waals surface area contributed by atoms with Gasteiger partial charge < -0.3 is 9.88 Å². The topological polar surface area (TPSA) is 64.0 Å². The van der Waals surface area contributed by atoms with E-state index in [-0.39, 0.29) is 23.9 Å². The van der Waals surface area contributed by atoms with E-state index < -0.39 is 10.8 Å². The second kappa shape index (κ2) is 7.25. The average molecular weight is 335 g/mol. The minimum atomic E-state index is -0.981. The third kappa shape index (κ3) is 3.99. The maximum absolute atomic E-state index is 12.3. The van der Waals surface area contributed by atoms with Crippen molar-refractivity contribution in [2.45, 2.75) is 39.8 Å². The van der Waals surface area contributed by atoms with Crippen LogP contribution in [0.1, 0.15) is 45.6 Å². The third-order valence-corrected chi connectivity index (χ3v) is 4.79. The number of fused-ring (bicyclic) bond motifs is 1. The Kier molecular flexibility index (Phi) is 5.57. The number of aromatic nitrogens is 2. The van der Waals surface area contributed by atoms with Gasteiger partial charge in [-0.25, -0.2) is 4.98 Å². The molecule has 0 spiro atoms. The summed E-state index contributed by atoms with van der Waals surface area (Å²) in [4.78, 5) is 17.0. The van der Waals surface area contributed by atoms with Crippen molar-refractivity contribution >= 4 is 27.7 Å². The first-order chi connectivity index (χ1) is 10.8. The van der Waals surface area contributed by atoms with Crippen molar-refractivity contribution in [3.8, 4) is 0 Å². The predicted molar refractivity (Wildman–Crippen MR) is 94.8 cm³/mol. The lowest BCUT2D eigenvalue weighted by Crippen LogP contribution is -2.35. The molecule has 126 valence electrons. The van der Waals surface area contributed by atoms with Crippen molar-refractivity contribution in [1.82, 2.24) is 14.9 Å².